The van der Waals surface area contributed by atoms with E-state index >= 15 is 0 Å². The highest BCUT2D eigenvalue weighted by Gasteiger charge is 2.19. The number of nitrogens with one attached hydrogen (secondary N) is 1. The van der Waals surface area contributed by atoms with Crippen LogP contribution < -0.4 is 5.32 Å². The molecule has 0 aliphatic rings. The molecule has 0 aliphatic carbocycles. The van der Waals surface area contributed by atoms with E-state index in [-0.39, 0.29) is 12.5 Å². The van der Waals surface area contributed by atoms with Crippen molar-refractivity contribution >= 4 is 22.8 Å². The highest BCUT2D eigenvalue weighted by atomic mass is 16.4. The van der Waals surface area contributed by atoms with Gasteiger partial charge in [0.1, 0.15) is 0 Å². The topological polar surface area (TPSA) is 79.3 Å². The Morgan fingerprint density at radius 2 is 1.84 bits per heavy atom. The summed E-state index contributed by atoms with van der Waals surface area (Å²) in [4.78, 5) is 28.0. The average molecular weight is 334 g/mol. The first kappa shape index (κ1) is 16.6. The number of amides is 1. The van der Waals surface area contributed by atoms with Crippen LogP contribution in [-0.4, -0.2) is 28.5 Å². The lowest BCUT2D eigenvalue weighted by atomic mass is 9.99. The number of carbonyl (C=O) groups excluding carboxylic acids is 1. The third kappa shape index (κ3) is 4.20. The zero-order valence-corrected chi connectivity index (χ0v) is 13.6. The molecular formula is C20H18N2O3. The number of aliphatic carboxylic acids is 1. The van der Waals surface area contributed by atoms with Gasteiger partial charge < -0.3 is 10.4 Å². The quantitative estimate of drug-likeness (QED) is 0.726. The van der Waals surface area contributed by atoms with Crippen molar-refractivity contribution in [2.45, 2.75) is 6.42 Å². The molecule has 0 saturated carbocycles. The van der Waals surface area contributed by atoms with Gasteiger partial charge in [-0.3, -0.25) is 14.6 Å². The second-order valence-electron chi connectivity index (χ2n) is 5.85. The van der Waals surface area contributed by atoms with Crippen LogP contribution in [0.25, 0.3) is 10.9 Å². The Bertz CT molecular complexity index is 894. The molecule has 0 radical (unpaired) electrons. The minimum absolute atomic E-state index is 0.0775. The van der Waals surface area contributed by atoms with Crippen LogP contribution in [0.15, 0.2) is 66.9 Å². The van der Waals surface area contributed by atoms with Gasteiger partial charge in [-0.15, -0.1) is 0 Å². The number of hydrogen-bond acceptors (Lipinski definition) is 3. The van der Waals surface area contributed by atoms with Crippen LogP contribution in [0.2, 0.25) is 0 Å². The van der Waals surface area contributed by atoms with Gasteiger partial charge in [-0.25, -0.2) is 0 Å². The van der Waals surface area contributed by atoms with Crippen molar-refractivity contribution in [3.05, 3.63) is 78.0 Å². The van der Waals surface area contributed by atoms with Crippen molar-refractivity contribution in [2.24, 2.45) is 5.92 Å². The molecule has 0 fully saturated rings. The van der Waals surface area contributed by atoms with Gasteiger partial charge in [-0.05, 0) is 36.2 Å². The van der Waals surface area contributed by atoms with E-state index in [1.807, 2.05) is 42.5 Å². The average Bonchev–Trinajstić information content (AvgIpc) is 2.65. The standard InChI is InChI=1S/C20H18N2O3/c23-19(16-8-9-18-15(12-16)7-4-10-21-18)22-13-17(20(24)25)11-14-5-2-1-3-6-14/h1-10,12,17H,11,13H2,(H,22,23)(H,24,25). The van der Waals surface area contributed by atoms with E-state index in [9.17, 15) is 14.7 Å². The van der Waals surface area contributed by atoms with E-state index < -0.39 is 11.9 Å². The van der Waals surface area contributed by atoms with Crippen LogP contribution >= 0.6 is 0 Å². The maximum Gasteiger partial charge on any atom is 0.308 e. The number of pyridine rings is 1. The predicted molar refractivity (Wildman–Crippen MR) is 95.3 cm³/mol. The maximum absolute atomic E-state index is 12.3. The molecule has 5 heteroatoms. The summed E-state index contributed by atoms with van der Waals surface area (Å²) in [5, 5.41) is 13.0. The Morgan fingerprint density at radius 3 is 2.60 bits per heavy atom. The predicted octanol–water partition coefficient (Wildman–Crippen LogP) is 2.91. The van der Waals surface area contributed by atoms with Gasteiger partial charge in [-0.1, -0.05) is 36.4 Å². The third-order valence-electron chi connectivity index (χ3n) is 4.05. The van der Waals surface area contributed by atoms with Crippen molar-refractivity contribution in [3.63, 3.8) is 0 Å². The number of carboxylic acid groups (broad SMARTS) is 1. The summed E-state index contributed by atoms with van der Waals surface area (Å²) in [5.41, 5.74) is 2.23. The molecule has 1 unspecified atom stereocenters. The molecule has 1 amide bonds. The number of rotatable bonds is 6. The van der Waals surface area contributed by atoms with Crippen molar-refractivity contribution < 1.29 is 14.7 Å². The van der Waals surface area contributed by atoms with Crippen LogP contribution in [-0.2, 0) is 11.2 Å². The van der Waals surface area contributed by atoms with Crippen LogP contribution in [0.4, 0.5) is 0 Å². The van der Waals surface area contributed by atoms with Crippen molar-refractivity contribution in [3.8, 4) is 0 Å². The summed E-state index contributed by atoms with van der Waals surface area (Å²) < 4.78 is 0. The number of nitrogens with zero attached hydrogens (tertiary/aromatic N) is 1. The molecular weight excluding hydrogens is 316 g/mol. The fourth-order valence-electron chi connectivity index (χ4n) is 2.68. The number of hydrogen-bond donors (Lipinski definition) is 2. The number of carbonyl (C=O) groups is 2. The highest BCUT2D eigenvalue weighted by Crippen LogP contribution is 2.14. The minimum atomic E-state index is -0.924. The van der Waals surface area contributed by atoms with Gasteiger partial charge in [0.25, 0.3) is 5.91 Å². The zero-order chi connectivity index (χ0) is 17.6. The second kappa shape index (κ2) is 7.57. The minimum Gasteiger partial charge on any atom is -0.481 e. The van der Waals surface area contributed by atoms with Crippen LogP contribution in [0, 0.1) is 5.92 Å². The molecule has 1 aromatic heterocycles. The summed E-state index contributed by atoms with van der Waals surface area (Å²) in [5.74, 6) is -1.88. The van der Waals surface area contributed by atoms with Crippen LogP contribution in [0.3, 0.4) is 0 Å². The fraction of sp³-hybridized carbons (Fsp3) is 0.150. The van der Waals surface area contributed by atoms with Gasteiger partial charge in [0.15, 0.2) is 0 Å². The summed E-state index contributed by atoms with van der Waals surface area (Å²) in [6.45, 7) is 0.0775. The first-order valence-corrected chi connectivity index (χ1v) is 8.03. The van der Waals surface area contributed by atoms with Gasteiger partial charge >= 0.3 is 5.97 Å². The number of benzene rings is 2. The van der Waals surface area contributed by atoms with Crippen molar-refractivity contribution in [1.82, 2.24) is 10.3 Å². The Labute approximate surface area is 145 Å². The van der Waals surface area contributed by atoms with E-state index in [1.165, 1.54) is 0 Å². The van der Waals surface area contributed by atoms with Gasteiger partial charge in [0.2, 0.25) is 0 Å². The van der Waals surface area contributed by atoms with E-state index in [4.69, 9.17) is 0 Å². The molecule has 0 bridgehead atoms. The molecule has 0 spiro atoms. The van der Waals surface area contributed by atoms with E-state index in [0.29, 0.717) is 12.0 Å². The first-order chi connectivity index (χ1) is 12.1. The van der Waals surface area contributed by atoms with Gasteiger partial charge in [-0.2, -0.15) is 0 Å². The van der Waals surface area contributed by atoms with E-state index in [2.05, 4.69) is 10.3 Å². The number of aromatic nitrogens is 1. The molecule has 126 valence electrons. The van der Waals surface area contributed by atoms with Gasteiger partial charge in [0, 0.05) is 23.7 Å². The smallest absolute Gasteiger partial charge is 0.308 e. The van der Waals surface area contributed by atoms with Crippen LogP contribution in [0.1, 0.15) is 15.9 Å². The van der Waals surface area contributed by atoms with Gasteiger partial charge in [0.05, 0.1) is 11.4 Å². The van der Waals surface area contributed by atoms with Crippen molar-refractivity contribution in [2.75, 3.05) is 6.54 Å². The van der Waals surface area contributed by atoms with Crippen LogP contribution in [0.5, 0.6) is 0 Å². The second-order valence-corrected chi connectivity index (χ2v) is 5.85. The first-order valence-electron chi connectivity index (χ1n) is 8.03. The lowest BCUT2D eigenvalue weighted by Crippen LogP contribution is -2.34. The lowest BCUT2D eigenvalue weighted by molar-refractivity contribution is -0.141. The molecule has 1 heterocycles. The number of carboxylic acids is 1. The summed E-state index contributed by atoms with van der Waals surface area (Å²) in [6.07, 6.45) is 2.07. The van der Waals surface area contributed by atoms with E-state index in [1.54, 1.807) is 24.4 Å². The number of fused-ring (bicyclic) bond motifs is 1. The monoisotopic (exact) mass is 334 g/mol. The van der Waals surface area contributed by atoms with E-state index in [0.717, 1.165) is 16.5 Å². The lowest BCUT2D eigenvalue weighted by Gasteiger charge is -2.14. The fourth-order valence-corrected chi connectivity index (χ4v) is 2.68. The summed E-state index contributed by atoms with van der Waals surface area (Å²) >= 11 is 0. The molecule has 5 nitrogen and oxygen atoms in total. The molecule has 0 aliphatic heterocycles. The molecule has 2 N–H and O–H groups in total. The Hall–Kier alpha value is -3.21. The maximum atomic E-state index is 12.3. The molecule has 3 aromatic rings. The summed E-state index contributed by atoms with van der Waals surface area (Å²) in [7, 11) is 0. The molecule has 0 saturated heterocycles. The van der Waals surface area contributed by atoms with Crippen molar-refractivity contribution in [1.29, 1.82) is 0 Å². The summed E-state index contributed by atoms with van der Waals surface area (Å²) in [6, 6.07) is 18.3. The molecule has 2 aromatic carbocycles. The zero-order valence-electron chi connectivity index (χ0n) is 13.6. The Kier molecular flexibility index (Phi) is 5.04. The third-order valence-corrected chi connectivity index (χ3v) is 4.05. The normalized spacial score (nSPS) is 11.8. The largest absolute Gasteiger partial charge is 0.481 e. The molecule has 25 heavy (non-hydrogen) atoms. The SMILES string of the molecule is O=C(NCC(Cc1ccccc1)C(=O)O)c1ccc2ncccc2c1. The Morgan fingerprint density at radius 1 is 1.04 bits per heavy atom. The molecule has 1 atom stereocenters. The highest BCUT2D eigenvalue weighted by molar-refractivity contribution is 5.98. The Balaban J connectivity index is 1.67. The molecule has 3 rings (SSSR count).